The molecule has 0 saturated heterocycles. The molecule has 0 aliphatic heterocycles. The van der Waals surface area contributed by atoms with E-state index in [1.54, 1.807) is 13.2 Å². The van der Waals surface area contributed by atoms with Crippen molar-refractivity contribution in [2.24, 2.45) is 0 Å². The lowest BCUT2D eigenvalue weighted by Gasteiger charge is -2.02. The SMILES string of the molecule is COc1cc(C)cc(/C=C/CO)c1. The molecule has 0 atom stereocenters. The Morgan fingerprint density at radius 2 is 2.15 bits per heavy atom. The minimum absolute atomic E-state index is 0.0657. The zero-order valence-corrected chi connectivity index (χ0v) is 7.95. The van der Waals surface area contributed by atoms with Crippen LogP contribution in [0.1, 0.15) is 11.1 Å². The minimum atomic E-state index is 0.0657. The highest BCUT2D eigenvalue weighted by molar-refractivity contribution is 5.53. The zero-order valence-electron chi connectivity index (χ0n) is 7.95. The summed E-state index contributed by atoms with van der Waals surface area (Å²) in [6.45, 7) is 2.08. The van der Waals surface area contributed by atoms with Gasteiger partial charge in [0, 0.05) is 0 Å². The summed E-state index contributed by atoms with van der Waals surface area (Å²) < 4.78 is 5.12. The number of benzene rings is 1. The van der Waals surface area contributed by atoms with Crippen molar-refractivity contribution in [2.75, 3.05) is 13.7 Å². The highest BCUT2D eigenvalue weighted by Gasteiger charge is 1.94. The number of methoxy groups -OCH3 is 1. The number of aliphatic hydroxyl groups excluding tert-OH is 1. The maximum absolute atomic E-state index is 8.61. The van der Waals surface area contributed by atoms with E-state index in [-0.39, 0.29) is 6.61 Å². The van der Waals surface area contributed by atoms with Crippen LogP contribution in [0.3, 0.4) is 0 Å². The molecule has 0 aliphatic carbocycles. The van der Waals surface area contributed by atoms with Crippen LogP contribution in [0.4, 0.5) is 0 Å². The lowest BCUT2D eigenvalue weighted by molar-refractivity contribution is 0.343. The predicted molar refractivity (Wildman–Crippen MR) is 53.9 cm³/mol. The van der Waals surface area contributed by atoms with Gasteiger partial charge in [-0.15, -0.1) is 0 Å². The fourth-order valence-corrected chi connectivity index (χ4v) is 1.18. The molecular formula is C11H14O2. The van der Waals surface area contributed by atoms with E-state index in [0.29, 0.717) is 0 Å². The van der Waals surface area contributed by atoms with Crippen molar-refractivity contribution >= 4 is 6.08 Å². The Balaban J connectivity index is 2.94. The smallest absolute Gasteiger partial charge is 0.119 e. The van der Waals surface area contributed by atoms with Gasteiger partial charge in [-0.1, -0.05) is 18.2 Å². The van der Waals surface area contributed by atoms with E-state index in [1.807, 2.05) is 31.2 Å². The van der Waals surface area contributed by atoms with Crippen LogP contribution >= 0.6 is 0 Å². The van der Waals surface area contributed by atoms with Crippen molar-refractivity contribution in [3.8, 4) is 5.75 Å². The van der Waals surface area contributed by atoms with Crippen LogP contribution in [-0.4, -0.2) is 18.8 Å². The van der Waals surface area contributed by atoms with Crippen LogP contribution in [0.15, 0.2) is 24.3 Å². The molecule has 0 fully saturated rings. The van der Waals surface area contributed by atoms with Crippen LogP contribution < -0.4 is 4.74 Å². The first-order chi connectivity index (χ1) is 6.26. The molecule has 0 saturated carbocycles. The van der Waals surface area contributed by atoms with Crippen molar-refractivity contribution in [1.29, 1.82) is 0 Å². The number of rotatable bonds is 3. The summed E-state index contributed by atoms with van der Waals surface area (Å²) in [7, 11) is 1.65. The monoisotopic (exact) mass is 178 g/mol. The van der Waals surface area contributed by atoms with Gasteiger partial charge < -0.3 is 9.84 Å². The summed E-state index contributed by atoms with van der Waals surface area (Å²) in [5.41, 5.74) is 2.20. The van der Waals surface area contributed by atoms with Gasteiger partial charge in [0.05, 0.1) is 13.7 Å². The normalized spacial score (nSPS) is 10.7. The topological polar surface area (TPSA) is 29.5 Å². The lowest BCUT2D eigenvalue weighted by atomic mass is 10.1. The summed E-state index contributed by atoms with van der Waals surface area (Å²) in [5, 5.41) is 8.61. The number of aryl methyl sites for hydroxylation is 1. The second kappa shape index (κ2) is 4.67. The second-order valence-corrected chi connectivity index (χ2v) is 2.87. The van der Waals surface area contributed by atoms with Crippen molar-refractivity contribution in [1.82, 2.24) is 0 Å². The van der Waals surface area contributed by atoms with Crippen LogP contribution in [0, 0.1) is 6.92 Å². The first-order valence-electron chi connectivity index (χ1n) is 4.19. The number of hydrogen-bond donors (Lipinski definition) is 1. The van der Waals surface area contributed by atoms with E-state index in [9.17, 15) is 0 Å². The molecule has 1 N–H and O–H groups in total. The fraction of sp³-hybridized carbons (Fsp3) is 0.273. The maximum atomic E-state index is 8.61. The highest BCUT2D eigenvalue weighted by atomic mass is 16.5. The largest absolute Gasteiger partial charge is 0.497 e. The Morgan fingerprint density at radius 1 is 1.38 bits per heavy atom. The van der Waals surface area contributed by atoms with Gasteiger partial charge in [-0.2, -0.15) is 0 Å². The van der Waals surface area contributed by atoms with Gasteiger partial charge in [-0.25, -0.2) is 0 Å². The van der Waals surface area contributed by atoms with E-state index in [1.165, 1.54) is 0 Å². The van der Waals surface area contributed by atoms with Crippen LogP contribution in [0.2, 0.25) is 0 Å². The van der Waals surface area contributed by atoms with E-state index in [0.717, 1.165) is 16.9 Å². The summed E-state index contributed by atoms with van der Waals surface area (Å²) in [5.74, 6) is 0.845. The standard InChI is InChI=1S/C11H14O2/c1-9-6-10(4-3-5-12)8-11(7-9)13-2/h3-4,6-8,12H,5H2,1-2H3/b4-3+. The number of ether oxygens (including phenoxy) is 1. The molecule has 0 radical (unpaired) electrons. The first-order valence-corrected chi connectivity index (χ1v) is 4.19. The van der Waals surface area contributed by atoms with Gasteiger partial charge in [0.1, 0.15) is 5.75 Å². The molecule has 0 aromatic heterocycles. The van der Waals surface area contributed by atoms with Gasteiger partial charge in [0.15, 0.2) is 0 Å². The quantitative estimate of drug-likeness (QED) is 0.767. The fourth-order valence-electron chi connectivity index (χ4n) is 1.18. The molecule has 2 nitrogen and oxygen atoms in total. The second-order valence-electron chi connectivity index (χ2n) is 2.87. The molecular weight excluding hydrogens is 164 g/mol. The molecule has 1 aromatic carbocycles. The van der Waals surface area contributed by atoms with Crippen molar-refractivity contribution < 1.29 is 9.84 Å². The molecule has 70 valence electrons. The van der Waals surface area contributed by atoms with Gasteiger partial charge >= 0.3 is 0 Å². The Morgan fingerprint density at radius 3 is 2.77 bits per heavy atom. The Hall–Kier alpha value is -1.28. The number of hydrogen-bond acceptors (Lipinski definition) is 2. The highest BCUT2D eigenvalue weighted by Crippen LogP contribution is 2.17. The van der Waals surface area contributed by atoms with Crippen molar-refractivity contribution in [3.63, 3.8) is 0 Å². The molecule has 0 spiro atoms. The predicted octanol–water partition coefficient (Wildman–Crippen LogP) is 2.01. The van der Waals surface area contributed by atoms with Crippen LogP contribution in [0.5, 0.6) is 5.75 Å². The summed E-state index contributed by atoms with van der Waals surface area (Å²) in [6.07, 6.45) is 3.57. The zero-order chi connectivity index (χ0) is 9.68. The molecule has 0 heterocycles. The lowest BCUT2D eigenvalue weighted by Crippen LogP contribution is -1.85. The van der Waals surface area contributed by atoms with E-state index < -0.39 is 0 Å². The molecule has 0 unspecified atom stereocenters. The Bertz CT molecular complexity index is 303. The van der Waals surface area contributed by atoms with Crippen molar-refractivity contribution in [3.05, 3.63) is 35.4 Å². The van der Waals surface area contributed by atoms with Gasteiger partial charge in [0.25, 0.3) is 0 Å². The molecule has 0 bridgehead atoms. The Kier molecular flexibility index (Phi) is 3.53. The third kappa shape index (κ3) is 2.92. The molecule has 0 amide bonds. The Labute approximate surface area is 78.5 Å². The van der Waals surface area contributed by atoms with E-state index in [2.05, 4.69) is 0 Å². The molecule has 1 aromatic rings. The molecule has 13 heavy (non-hydrogen) atoms. The van der Waals surface area contributed by atoms with Gasteiger partial charge in [-0.3, -0.25) is 0 Å². The molecule has 0 aliphatic rings. The summed E-state index contributed by atoms with van der Waals surface area (Å²) in [4.78, 5) is 0. The molecule has 2 heteroatoms. The third-order valence-electron chi connectivity index (χ3n) is 1.72. The number of aliphatic hydroxyl groups is 1. The summed E-state index contributed by atoms with van der Waals surface area (Å²) >= 11 is 0. The van der Waals surface area contributed by atoms with Crippen LogP contribution in [0.25, 0.3) is 6.08 Å². The van der Waals surface area contributed by atoms with Crippen molar-refractivity contribution in [2.45, 2.75) is 6.92 Å². The minimum Gasteiger partial charge on any atom is -0.497 e. The van der Waals surface area contributed by atoms with E-state index in [4.69, 9.17) is 9.84 Å². The third-order valence-corrected chi connectivity index (χ3v) is 1.72. The van der Waals surface area contributed by atoms with E-state index >= 15 is 0 Å². The van der Waals surface area contributed by atoms with Crippen LogP contribution in [-0.2, 0) is 0 Å². The average Bonchev–Trinajstić information content (AvgIpc) is 2.14. The summed E-state index contributed by atoms with van der Waals surface area (Å²) in [6, 6.07) is 5.93. The van der Waals surface area contributed by atoms with Gasteiger partial charge in [0.2, 0.25) is 0 Å². The van der Waals surface area contributed by atoms with Gasteiger partial charge in [-0.05, 0) is 30.2 Å². The molecule has 1 rings (SSSR count). The average molecular weight is 178 g/mol. The maximum Gasteiger partial charge on any atom is 0.119 e. The first kappa shape index (κ1) is 9.81.